The van der Waals surface area contributed by atoms with E-state index in [1.807, 2.05) is 6.07 Å². The number of rotatable bonds is 9. The molecule has 3 aromatic heterocycles. The summed E-state index contributed by atoms with van der Waals surface area (Å²) in [6.45, 7) is -1.34. The third-order valence-corrected chi connectivity index (χ3v) is 6.38. The summed E-state index contributed by atoms with van der Waals surface area (Å²) in [5.74, 6) is -0.109. The molecule has 41 heavy (non-hydrogen) atoms. The van der Waals surface area contributed by atoms with Crippen LogP contribution in [-0.2, 0) is 19.5 Å². The molecule has 0 amide bonds. The molecule has 0 aliphatic carbocycles. The average Bonchev–Trinajstić information content (AvgIpc) is 3.54. The molecule has 2 aromatic carbocycles. The number of carbonyl (C=O) groups is 1. The number of pyridine rings is 1. The largest absolute Gasteiger partial charge is 0.416 e. The molecule has 0 fully saturated rings. The monoisotopic (exact) mass is 583 g/mol. The van der Waals surface area contributed by atoms with Gasteiger partial charge in [-0.3, -0.25) is 14.3 Å². The Bertz CT molecular complexity index is 1730. The Morgan fingerprint density at radius 2 is 1.71 bits per heavy atom. The molecule has 0 aliphatic heterocycles. The van der Waals surface area contributed by atoms with Gasteiger partial charge in [-0.2, -0.15) is 13.2 Å². The van der Waals surface area contributed by atoms with Crippen LogP contribution in [0.15, 0.2) is 84.0 Å². The molecule has 1 N–H and O–H groups in total. The summed E-state index contributed by atoms with van der Waals surface area (Å²) in [6, 6.07) is 18.1. The van der Waals surface area contributed by atoms with Crippen molar-refractivity contribution in [1.82, 2.24) is 34.1 Å². The fourth-order valence-electron chi connectivity index (χ4n) is 4.07. The van der Waals surface area contributed by atoms with Crippen molar-refractivity contribution in [2.45, 2.75) is 31.8 Å². The van der Waals surface area contributed by atoms with E-state index in [1.54, 1.807) is 42.6 Å². The Kier molecular flexibility index (Phi) is 7.81. The summed E-state index contributed by atoms with van der Waals surface area (Å²) in [7, 11) is 0. The first-order chi connectivity index (χ1) is 19.6. The summed E-state index contributed by atoms with van der Waals surface area (Å²) in [5.41, 5.74) is 0.894. The van der Waals surface area contributed by atoms with Crippen molar-refractivity contribution in [3.05, 3.63) is 112 Å². The second-order valence-corrected chi connectivity index (χ2v) is 9.42. The van der Waals surface area contributed by atoms with Gasteiger partial charge >= 0.3 is 11.9 Å². The molecule has 3 heterocycles. The van der Waals surface area contributed by atoms with E-state index in [4.69, 9.17) is 11.6 Å². The Morgan fingerprint density at radius 3 is 2.41 bits per heavy atom. The first-order valence-electron chi connectivity index (χ1n) is 12.2. The lowest BCUT2D eigenvalue weighted by Gasteiger charge is -2.15. The van der Waals surface area contributed by atoms with Gasteiger partial charge in [-0.05, 0) is 36.4 Å². The number of alkyl halides is 3. The van der Waals surface area contributed by atoms with E-state index in [0.29, 0.717) is 27.5 Å². The Balaban J connectivity index is 1.44. The number of hydrogen-bond acceptors (Lipinski definition) is 7. The summed E-state index contributed by atoms with van der Waals surface area (Å²) in [4.78, 5) is 34.4. The van der Waals surface area contributed by atoms with E-state index < -0.39 is 24.5 Å². The average molecular weight is 584 g/mol. The van der Waals surface area contributed by atoms with Crippen molar-refractivity contribution in [1.29, 1.82) is 0 Å². The molecule has 0 saturated carbocycles. The third-order valence-electron chi connectivity index (χ3n) is 6.13. The van der Waals surface area contributed by atoms with Crippen molar-refractivity contribution < 1.29 is 23.1 Å². The van der Waals surface area contributed by atoms with E-state index in [2.05, 4.69) is 20.2 Å². The van der Waals surface area contributed by atoms with E-state index in [1.165, 1.54) is 35.3 Å². The molecule has 10 nitrogen and oxygen atoms in total. The minimum absolute atomic E-state index is 0.00519. The van der Waals surface area contributed by atoms with Gasteiger partial charge in [0, 0.05) is 22.3 Å². The van der Waals surface area contributed by atoms with Crippen LogP contribution in [-0.4, -0.2) is 57.3 Å². The number of hydrogen-bond donors (Lipinski definition) is 1. The first-order valence-corrected chi connectivity index (χ1v) is 12.6. The molecule has 0 unspecified atom stereocenters. The summed E-state index contributed by atoms with van der Waals surface area (Å²) in [6.07, 6.45) is -4.80. The zero-order valence-corrected chi connectivity index (χ0v) is 21.9. The van der Waals surface area contributed by atoms with Crippen LogP contribution in [0.3, 0.4) is 0 Å². The maximum Gasteiger partial charge on any atom is 0.416 e. The number of aliphatic hydroxyl groups is 1. The van der Waals surface area contributed by atoms with Gasteiger partial charge in [0.05, 0.1) is 24.3 Å². The number of benzene rings is 2. The molecule has 0 aliphatic rings. The number of carbonyl (C=O) groups excluding carboxylic acids is 1. The van der Waals surface area contributed by atoms with Crippen LogP contribution in [0, 0.1) is 0 Å². The summed E-state index contributed by atoms with van der Waals surface area (Å²) in [5, 5.41) is 18.6. The van der Waals surface area contributed by atoms with Crippen molar-refractivity contribution in [2.24, 2.45) is 0 Å². The van der Waals surface area contributed by atoms with Gasteiger partial charge in [0.2, 0.25) is 0 Å². The smallest absolute Gasteiger partial charge is 0.382 e. The number of ketones is 1. The maximum absolute atomic E-state index is 13.1. The third kappa shape index (κ3) is 6.26. The quantitative estimate of drug-likeness (QED) is 0.262. The molecule has 210 valence electrons. The predicted molar refractivity (Wildman–Crippen MR) is 142 cm³/mol. The van der Waals surface area contributed by atoms with Gasteiger partial charge < -0.3 is 5.11 Å². The normalized spacial score (nSPS) is 12.4. The van der Waals surface area contributed by atoms with Crippen LogP contribution in [0.2, 0.25) is 5.02 Å². The second-order valence-electron chi connectivity index (χ2n) is 8.98. The topological polar surface area (TPSA) is 121 Å². The SMILES string of the molecule is O=C(Cc1ncccc1-n1cnc(Cn2nc(-c3ccc(Cl)cc3)n(C[C@H](O)C(F)(F)F)c2=O)n1)c1ccccc1. The Hall–Kier alpha value is -4.62. The minimum Gasteiger partial charge on any atom is -0.382 e. The second kappa shape index (κ2) is 11.5. The van der Waals surface area contributed by atoms with Crippen molar-refractivity contribution in [2.75, 3.05) is 0 Å². The van der Waals surface area contributed by atoms with Crippen LogP contribution in [0.5, 0.6) is 0 Å². The van der Waals surface area contributed by atoms with Gasteiger partial charge in [0.25, 0.3) is 0 Å². The fraction of sp³-hybridized carbons (Fsp3) is 0.185. The molecule has 14 heteroatoms. The zero-order valence-electron chi connectivity index (χ0n) is 21.1. The van der Waals surface area contributed by atoms with Gasteiger partial charge in [0.15, 0.2) is 23.5 Å². The van der Waals surface area contributed by atoms with Gasteiger partial charge in [0.1, 0.15) is 12.9 Å². The van der Waals surface area contributed by atoms with Crippen LogP contribution < -0.4 is 5.69 Å². The van der Waals surface area contributed by atoms with Crippen LogP contribution in [0.25, 0.3) is 17.1 Å². The highest BCUT2D eigenvalue weighted by Gasteiger charge is 2.39. The van der Waals surface area contributed by atoms with E-state index in [9.17, 15) is 27.9 Å². The highest BCUT2D eigenvalue weighted by Crippen LogP contribution is 2.24. The number of halogens is 4. The molecular formula is C27H21ClF3N7O3. The lowest BCUT2D eigenvalue weighted by molar-refractivity contribution is -0.207. The van der Waals surface area contributed by atoms with Gasteiger partial charge in [-0.1, -0.05) is 41.9 Å². The van der Waals surface area contributed by atoms with Gasteiger partial charge in [-0.15, -0.1) is 10.2 Å². The molecule has 0 radical (unpaired) electrons. The summed E-state index contributed by atoms with van der Waals surface area (Å²) >= 11 is 5.92. The standard InChI is InChI=1S/C27H21ClF3N7O3/c28-19-10-8-18(9-11-19)25-35-37(26(41)36(25)14-23(40)27(29,30)31)15-24-33-16-38(34-24)21-7-4-12-32-20(21)13-22(39)17-5-2-1-3-6-17/h1-12,16,23,40H,13-15H2/t23-/m0/s1. The van der Waals surface area contributed by atoms with E-state index in [0.717, 1.165) is 9.25 Å². The fourth-order valence-corrected chi connectivity index (χ4v) is 4.20. The minimum atomic E-state index is -4.94. The molecular weight excluding hydrogens is 563 g/mol. The number of Topliss-reactive ketones (excluding diaryl/α,β-unsaturated/α-hetero) is 1. The number of nitrogens with zero attached hydrogens (tertiary/aromatic N) is 7. The van der Waals surface area contributed by atoms with Crippen molar-refractivity contribution in [3.63, 3.8) is 0 Å². The molecule has 0 spiro atoms. The first kappa shape index (κ1) is 27.9. The van der Waals surface area contributed by atoms with Crippen LogP contribution in [0.4, 0.5) is 13.2 Å². The zero-order chi connectivity index (χ0) is 29.1. The molecule has 5 aromatic rings. The summed E-state index contributed by atoms with van der Waals surface area (Å²) < 4.78 is 42.4. The highest BCUT2D eigenvalue weighted by atomic mass is 35.5. The van der Waals surface area contributed by atoms with Crippen molar-refractivity contribution in [3.8, 4) is 17.1 Å². The van der Waals surface area contributed by atoms with Crippen LogP contribution >= 0.6 is 11.6 Å². The lowest BCUT2D eigenvalue weighted by atomic mass is 10.1. The lowest BCUT2D eigenvalue weighted by Crippen LogP contribution is -2.37. The maximum atomic E-state index is 13.1. The Labute approximate surface area is 235 Å². The number of aliphatic hydroxyl groups excluding tert-OH is 1. The molecule has 5 rings (SSSR count). The Morgan fingerprint density at radius 1 is 0.976 bits per heavy atom. The molecule has 0 saturated heterocycles. The molecule has 1 atom stereocenters. The van der Waals surface area contributed by atoms with Crippen LogP contribution in [0.1, 0.15) is 21.9 Å². The van der Waals surface area contributed by atoms with E-state index >= 15 is 0 Å². The van der Waals surface area contributed by atoms with E-state index in [-0.39, 0.29) is 30.4 Å². The predicted octanol–water partition coefficient (Wildman–Crippen LogP) is 3.74. The highest BCUT2D eigenvalue weighted by molar-refractivity contribution is 6.30. The molecule has 0 bridgehead atoms. The van der Waals surface area contributed by atoms with Gasteiger partial charge in [-0.25, -0.2) is 19.1 Å². The van der Waals surface area contributed by atoms with Crippen molar-refractivity contribution >= 4 is 17.4 Å². The number of aromatic nitrogens is 7.